The molecule has 1 atom stereocenters. The lowest BCUT2D eigenvalue weighted by atomic mass is 9.87. The van der Waals surface area contributed by atoms with Crippen molar-refractivity contribution in [1.82, 2.24) is 14.8 Å². The average molecular weight is 418 g/mol. The van der Waals surface area contributed by atoms with Crippen molar-refractivity contribution in [2.45, 2.75) is 72.4 Å². The minimum Gasteiger partial charge on any atom is -0.494 e. The average Bonchev–Trinajstić information content (AvgIpc) is 3.27. The zero-order valence-electron chi connectivity index (χ0n) is 18.7. The van der Waals surface area contributed by atoms with Gasteiger partial charge in [0.05, 0.1) is 18.6 Å². The number of aromatic nitrogens is 3. The molecule has 0 N–H and O–H groups in total. The van der Waals surface area contributed by atoms with Gasteiger partial charge in [-0.2, -0.15) is 5.10 Å². The molecule has 0 aliphatic heterocycles. The molecule has 0 bridgehead atoms. The number of ether oxygens (including phenoxy) is 3. The molecule has 1 unspecified atom stereocenters. The van der Waals surface area contributed by atoms with Gasteiger partial charge in [-0.25, -0.2) is 9.67 Å². The van der Waals surface area contributed by atoms with Gasteiger partial charge >= 0.3 is 5.97 Å². The van der Waals surface area contributed by atoms with Crippen LogP contribution in [0, 0.1) is 5.41 Å². The largest absolute Gasteiger partial charge is 0.494 e. The van der Waals surface area contributed by atoms with E-state index in [9.17, 15) is 4.79 Å². The summed E-state index contributed by atoms with van der Waals surface area (Å²) in [5, 5.41) is 4.21. The fourth-order valence-electron chi connectivity index (χ4n) is 3.05. The number of rotatable bonds is 14. The van der Waals surface area contributed by atoms with Crippen molar-refractivity contribution in [2.24, 2.45) is 5.41 Å². The van der Waals surface area contributed by atoms with Crippen molar-refractivity contribution in [3.8, 4) is 11.5 Å². The summed E-state index contributed by atoms with van der Waals surface area (Å²) in [5.41, 5.74) is -0.451. The lowest BCUT2D eigenvalue weighted by Gasteiger charge is -2.22. The van der Waals surface area contributed by atoms with Gasteiger partial charge in [0.2, 0.25) is 0 Å². The summed E-state index contributed by atoms with van der Waals surface area (Å²) in [4.78, 5) is 15.9. The van der Waals surface area contributed by atoms with Gasteiger partial charge in [-0.3, -0.25) is 4.79 Å². The Morgan fingerprint density at radius 3 is 2.47 bits per heavy atom. The molecule has 1 heterocycles. The summed E-state index contributed by atoms with van der Waals surface area (Å²) >= 11 is 0. The van der Waals surface area contributed by atoms with Gasteiger partial charge in [0.1, 0.15) is 24.2 Å². The fraction of sp³-hybridized carbons (Fsp3) is 0.609. The SMILES string of the molecule is CCCCC(Oc1ccc(OCCCCC(C)(C)C(=O)OCC)cc1)n1cncn1. The smallest absolute Gasteiger partial charge is 0.311 e. The Bertz CT molecular complexity index is 729. The van der Waals surface area contributed by atoms with E-state index in [0.717, 1.165) is 50.0 Å². The molecule has 0 amide bonds. The molecule has 30 heavy (non-hydrogen) atoms. The third kappa shape index (κ3) is 7.69. The molecule has 0 saturated carbocycles. The van der Waals surface area contributed by atoms with Crippen molar-refractivity contribution in [1.29, 1.82) is 0 Å². The third-order valence-electron chi connectivity index (χ3n) is 4.93. The molecule has 1 aromatic heterocycles. The first kappa shape index (κ1) is 23.7. The quantitative estimate of drug-likeness (QED) is 0.311. The van der Waals surface area contributed by atoms with Gasteiger partial charge in [0.25, 0.3) is 0 Å². The van der Waals surface area contributed by atoms with Crippen LogP contribution in [0.2, 0.25) is 0 Å². The molecule has 0 radical (unpaired) electrons. The van der Waals surface area contributed by atoms with E-state index >= 15 is 0 Å². The molecule has 2 aromatic rings. The Labute approximate surface area is 179 Å². The first-order valence-corrected chi connectivity index (χ1v) is 10.9. The van der Waals surface area contributed by atoms with Crippen LogP contribution < -0.4 is 9.47 Å². The molecule has 0 aliphatic carbocycles. The van der Waals surface area contributed by atoms with Gasteiger partial charge in [0, 0.05) is 6.42 Å². The van der Waals surface area contributed by atoms with Gasteiger partial charge in [0.15, 0.2) is 6.23 Å². The second-order valence-corrected chi connectivity index (χ2v) is 7.97. The van der Waals surface area contributed by atoms with Crippen LogP contribution >= 0.6 is 0 Å². The van der Waals surface area contributed by atoms with Crippen molar-refractivity contribution in [2.75, 3.05) is 13.2 Å². The molecule has 0 aliphatic rings. The second kappa shape index (κ2) is 12.2. The zero-order valence-corrected chi connectivity index (χ0v) is 18.7. The van der Waals surface area contributed by atoms with E-state index in [4.69, 9.17) is 14.2 Å². The highest BCUT2D eigenvalue weighted by Gasteiger charge is 2.28. The summed E-state index contributed by atoms with van der Waals surface area (Å²) in [6.45, 7) is 8.87. The van der Waals surface area contributed by atoms with Crippen molar-refractivity contribution < 1.29 is 19.0 Å². The Morgan fingerprint density at radius 2 is 1.83 bits per heavy atom. The molecule has 0 saturated heterocycles. The van der Waals surface area contributed by atoms with Crippen LogP contribution in [0.4, 0.5) is 0 Å². The number of carbonyl (C=O) groups excluding carboxylic acids is 1. The minimum absolute atomic E-state index is 0.135. The summed E-state index contributed by atoms with van der Waals surface area (Å²) in [6.07, 6.45) is 8.63. The van der Waals surface area contributed by atoms with Gasteiger partial charge in [-0.1, -0.05) is 13.3 Å². The maximum Gasteiger partial charge on any atom is 0.311 e. The number of hydrogen-bond acceptors (Lipinski definition) is 6. The minimum atomic E-state index is -0.451. The molecule has 166 valence electrons. The van der Waals surface area contributed by atoms with Crippen LogP contribution in [0.3, 0.4) is 0 Å². The second-order valence-electron chi connectivity index (χ2n) is 7.97. The summed E-state index contributed by atoms with van der Waals surface area (Å²) < 4.78 is 18.8. The molecule has 2 rings (SSSR count). The molecular weight excluding hydrogens is 382 g/mol. The predicted molar refractivity (Wildman–Crippen MR) is 115 cm³/mol. The summed E-state index contributed by atoms with van der Waals surface area (Å²) in [7, 11) is 0. The Kier molecular flexibility index (Phi) is 9.64. The van der Waals surface area contributed by atoms with E-state index < -0.39 is 5.41 Å². The summed E-state index contributed by atoms with van der Waals surface area (Å²) in [6, 6.07) is 7.65. The van der Waals surface area contributed by atoms with Crippen LogP contribution in [-0.4, -0.2) is 33.9 Å². The van der Waals surface area contributed by atoms with E-state index in [1.54, 1.807) is 11.0 Å². The van der Waals surface area contributed by atoms with Crippen molar-refractivity contribution in [3.05, 3.63) is 36.9 Å². The number of unbranched alkanes of at least 4 members (excludes halogenated alkanes) is 2. The number of benzene rings is 1. The lowest BCUT2D eigenvalue weighted by molar-refractivity contribution is -0.153. The molecular formula is C23H35N3O4. The van der Waals surface area contributed by atoms with Gasteiger partial charge in [-0.05, 0) is 70.7 Å². The molecule has 7 nitrogen and oxygen atoms in total. The number of nitrogens with zero attached hydrogens (tertiary/aromatic N) is 3. The Morgan fingerprint density at radius 1 is 1.10 bits per heavy atom. The molecule has 0 fully saturated rings. The van der Waals surface area contributed by atoms with Crippen LogP contribution in [0.25, 0.3) is 0 Å². The number of hydrogen-bond donors (Lipinski definition) is 0. The molecule has 1 aromatic carbocycles. The first-order chi connectivity index (χ1) is 14.5. The highest BCUT2D eigenvalue weighted by molar-refractivity contribution is 5.75. The maximum atomic E-state index is 11.9. The highest BCUT2D eigenvalue weighted by Crippen LogP contribution is 2.26. The lowest BCUT2D eigenvalue weighted by Crippen LogP contribution is -2.26. The maximum absolute atomic E-state index is 11.9. The Hall–Kier alpha value is -2.57. The van der Waals surface area contributed by atoms with E-state index in [1.165, 1.54) is 6.33 Å². The van der Waals surface area contributed by atoms with Crippen LogP contribution in [0.1, 0.15) is 72.4 Å². The first-order valence-electron chi connectivity index (χ1n) is 10.9. The van der Waals surface area contributed by atoms with Gasteiger partial charge in [-0.15, -0.1) is 0 Å². The van der Waals surface area contributed by atoms with Crippen LogP contribution in [-0.2, 0) is 9.53 Å². The van der Waals surface area contributed by atoms with E-state index in [0.29, 0.717) is 13.2 Å². The van der Waals surface area contributed by atoms with Crippen molar-refractivity contribution >= 4 is 5.97 Å². The zero-order chi connectivity index (χ0) is 21.8. The molecule has 7 heteroatoms. The normalized spacial score (nSPS) is 12.4. The van der Waals surface area contributed by atoms with Crippen molar-refractivity contribution in [3.63, 3.8) is 0 Å². The van der Waals surface area contributed by atoms with Crippen LogP contribution in [0.5, 0.6) is 11.5 Å². The molecule has 0 spiro atoms. The standard InChI is InChI=1S/C23H35N3O4/c1-5-7-10-21(26-18-24-17-25-26)30-20-13-11-19(12-14-20)29-16-9-8-15-23(3,4)22(27)28-6-2/h11-14,17-18,21H,5-10,15-16H2,1-4H3. The van der Waals surface area contributed by atoms with Gasteiger partial charge < -0.3 is 14.2 Å². The predicted octanol–water partition coefficient (Wildman–Crippen LogP) is 5.18. The topological polar surface area (TPSA) is 75.5 Å². The Balaban J connectivity index is 1.75. The fourth-order valence-corrected chi connectivity index (χ4v) is 3.05. The summed E-state index contributed by atoms with van der Waals surface area (Å²) in [5.74, 6) is 1.44. The van der Waals surface area contributed by atoms with E-state index in [1.807, 2.05) is 45.0 Å². The number of carbonyl (C=O) groups is 1. The number of esters is 1. The third-order valence-corrected chi connectivity index (χ3v) is 4.93. The van der Waals surface area contributed by atoms with E-state index in [-0.39, 0.29) is 12.2 Å². The van der Waals surface area contributed by atoms with Crippen LogP contribution in [0.15, 0.2) is 36.9 Å². The monoisotopic (exact) mass is 417 g/mol. The van der Waals surface area contributed by atoms with E-state index in [2.05, 4.69) is 17.0 Å². The highest BCUT2D eigenvalue weighted by atomic mass is 16.5.